The highest BCUT2D eigenvalue weighted by Gasteiger charge is 2.21. The second-order valence-electron chi connectivity index (χ2n) is 6.94. The molecule has 0 aromatic rings. The molecule has 0 aromatic carbocycles. The summed E-state index contributed by atoms with van der Waals surface area (Å²) in [5.74, 6) is 0. The van der Waals surface area contributed by atoms with Gasteiger partial charge in [-0.05, 0) is 77.7 Å². The molecule has 0 N–H and O–H groups in total. The average Bonchev–Trinajstić information content (AvgIpc) is 3.14. The minimum atomic E-state index is 0.905. The van der Waals surface area contributed by atoms with Crippen molar-refractivity contribution in [2.75, 3.05) is 32.7 Å². The van der Waals surface area contributed by atoms with Crippen LogP contribution in [-0.4, -0.2) is 48.6 Å². The Labute approximate surface area is 126 Å². The van der Waals surface area contributed by atoms with Crippen molar-refractivity contribution in [1.29, 1.82) is 0 Å². The number of hydrogen-bond acceptors (Lipinski definition) is 2. The summed E-state index contributed by atoms with van der Waals surface area (Å²) in [7, 11) is 0. The number of unbranched alkanes of at least 4 members (excludes halogenated alkanes) is 3. The zero-order chi connectivity index (χ0) is 14.0. The van der Waals surface area contributed by atoms with Crippen molar-refractivity contribution < 1.29 is 0 Å². The topological polar surface area (TPSA) is 6.48 Å². The molecule has 2 aliphatic rings. The quantitative estimate of drug-likeness (QED) is 0.551. The van der Waals surface area contributed by atoms with Crippen molar-refractivity contribution in [1.82, 2.24) is 9.80 Å². The van der Waals surface area contributed by atoms with E-state index in [2.05, 4.69) is 16.7 Å². The van der Waals surface area contributed by atoms with E-state index in [9.17, 15) is 0 Å². The van der Waals surface area contributed by atoms with E-state index in [1.807, 2.05) is 0 Å². The molecule has 0 saturated carbocycles. The van der Waals surface area contributed by atoms with Crippen LogP contribution in [0.25, 0.3) is 0 Å². The van der Waals surface area contributed by atoms with Gasteiger partial charge in [0, 0.05) is 6.04 Å². The lowest BCUT2D eigenvalue weighted by Gasteiger charge is -2.28. The minimum Gasteiger partial charge on any atom is -0.303 e. The van der Waals surface area contributed by atoms with E-state index in [1.165, 1.54) is 103 Å². The van der Waals surface area contributed by atoms with E-state index < -0.39 is 0 Å². The summed E-state index contributed by atoms with van der Waals surface area (Å²) >= 11 is 0. The minimum absolute atomic E-state index is 0.905. The van der Waals surface area contributed by atoms with Crippen molar-refractivity contribution in [3.63, 3.8) is 0 Å². The van der Waals surface area contributed by atoms with E-state index in [1.54, 1.807) is 0 Å². The number of nitrogens with zero attached hydrogens (tertiary/aromatic N) is 2. The molecule has 1 unspecified atom stereocenters. The molecule has 2 heteroatoms. The number of likely N-dealkylation sites (tertiary alicyclic amines) is 2. The fourth-order valence-electron chi connectivity index (χ4n) is 3.97. The molecule has 2 saturated heterocycles. The molecule has 20 heavy (non-hydrogen) atoms. The maximum absolute atomic E-state index is 2.80. The molecule has 2 aliphatic heterocycles. The first kappa shape index (κ1) is 16.3. The first-order chi connectivity index (χ1) is 9.90. The van der Waals surface area contributed by atoms with E-state index in [4.69, 9.17) is 0 Å². The Morgan fingerprint density at radius 1 is 0.750 bits per heavy atom. The maximum atomic E-state index is 2.80. The Morgan fingerprint density at radius 3 is 2.00 bits per heavy atom. The number of rotatable bonds is 10. The zero-order valence-corrected chi connectivity index (χ0v) is 13.8. The van der Waals surface area contributed by atoms with Crippen LogP contribution in [0, 0.1) is 0 Å². The van der Waals surface area contributed by atoms with Gasteiger partial charge in [-0.2, -0.15) is 0 Å². The molecular formula is C18H36N2. The fraction of sp³-hybridized carbons (Fsp3) is 1.00. The Bertz CT molecular complexity index is 230. The van der Waals surface area contributed by atoms with Gasteiger partial charge in [0.25, 0.3) is 0 Å². The van der Waals surface area contributed by atoms with Crippen LogP contribution in [0.1, 0.15) is 77.6 Å². The third-order valence-electron chi connectivity index (χ3n) is 5.26. The van der Waals surface area contributed by atoms with E-state index >= 15 is 0 Å². The summed E-state index contributed by atoms with van der Waals surface area (Å²) in [6.45, 7) is 9.17. The van der Waals surface area contributed by atoms with E-state index in [0.29, 0.717) is 0 Å². The van der Waals surface area contributed by atoms with E-state index in [-0.39, 0.29) is 0 Å². The molecule has 2 fully saturated rings. The molecule has 0 bridgehead atoms. The summed E-state index contributed by atoms with van der Waals surface area (Å²) < 4.78 is 0. The van der Waals surface area contributed by atoms with Gasteiger partial charge in [0.1, 0.15) is 0 Å². The van der Waals surface area contributed by atoms with E-state index in [0.717, 1.165) is 6.04 Å². The van der Waals surface area contributed by atoms with Gasteiger partial charge < -0.3 is 9.80 Å². The predicted octanol–water partition coefficient (Wildman–Crippen LogP) is 4.30. The molecule has 2 rings (SSSR count). The molecule has 2 heterocycles. The predicted molar refractivity (Wildman–Crippen MR) is 88.3 cm³/mol. The Kier molecular flexibility index (Phi) is 7.97. The molecule has 2 nitrogen and oxygen atoms in total. The first-order valence-corrected chi connectivity index (χ1v) is 9.36. The standard InChI is InChI=1S/C18H36N2/c1-2-3-4-11-18(20-16-9-10-17-20)12-5-6-13-19-14-7-8-15-19/h18H,2-17H2,1H3. The van der Waals surface area contributed by atoms with Crippen molar-refractivity contribution in [3.05, 3.63) is 0 Å². The second kappa shape index (κ2) is 9.78. The lowest BCUT2D eigenvalue weighted by molar-refractivity contribution is 0.207. The van der Waals surface area contributed by atoms with Gasteiger partial charge in [0.15, 0.2) is 0 Å². The largest absolute Gasteiger partial charge is 0.303 e. The molecule has 1 atom stereocenters. The van der Waals surface area contributed by atoms with Crippen LogP contribution >= 0.6 is 0 Å². The fourth-order valence-corrected chi connectivity index (χ4v) is 3.97. The van der Waals surface area contributed by atoms with Crippen LogP contribution in [0.5, 0.6) is 0 Å². The molecule has 0 aromatic heterocycles. The van der Waals surface area contributed by atoms with Crippen LogP contribution in [0.3, 0.4) is 0 Å². The highest BCUT2D eigenvalue weighted by Crippen LogP contribution is 2.21. The summed E-state index contributed by atoms with van der Waals surface area (Å²) in [5.41, 5.74) is 0. The highest BCUT2D eigenvalue weighted by atomic mass is 15.2. The SMILES string of the molecule is CCCCCC(CCCCN1CCCC1)N1CCCC1. The van der Waals surface area contributed by atoms with Gasteiger partial charge >= 0.3 is 0 Å². The van der Waals surface area contributed by atoms with Crippen LogP contribution in [-0.2, 0) is 0 Å². The Balaban J connectivity index is 1.60. The lowest BCUT2D eigenvalue weighted by Crippen LogP contribution is -2.33. The normalized spacial score (nSPS) is 22.6. The van der Waals surface area contributed by atoms with Crippen LogP contribution in [0.2, 0.25) is 0 Å². The maximum Gasteiger partial charge on any atom is 0.00952 e. The molecule has 118 valence electrons. The summed E-state index contributed by atoms with van der Waals surface area (Å²) in [6.07, 6.45) is 15.8. The third-order valence-corrected chi connectivity index (χ3v) is 5.26. The van der Waals surface area contributed by atoms with Gasteiger partial charge in [-0.1, -0.05) is 32.6 Å². The van der Waals surface area contributed by atoms with Crippen LogP contribution in [0.4, 0.5) is 0 Å². The summed E-state index contributed by atoms with van der Waals surface area (Å²) in [6, 6.07) is 0.905. The number of hydrogen-bond donors (Lipinski definition) is 0. The van der Waals surface area contributed by atoms with Crippen molar-refractivity contribution in [2.24, 2.45) is 0 Å². The van der Waals surface area contributed by atoms with Gasteiger partial charge in [-0.15, -0.1) is 0 Å². The Morgan fingerprint density at radius 2 is 1.35 bits per heavy atom. The molecule has 0 amide bonds. The average molecular weight is 280 g/mol. The third kappa shape index (κ3) is 5.73. The molecule has 0 aliphatic carbocycles. The lowest BCUT2D eigenvalue weighted by atomic mass is 10.0. The van der Waals surface area contributed by atoms with Gasteiger partial charge in [-0.3, -0.25) is 0 Å². The summed E-state index contributed by atoms with van der Waals surface area (Å²) in [5, 5.41) is 0. The van der Waals surface area contributed by atoms with Crippen molar-refractivity contribution in [2.45, 2.75) is 83.6 Å². The summed E-state index contributed by atoms with van der Waals surface area (Å²) in [4.78, 5) is 5.47. The highest BCUT2D eigenvalue weighted by molar-refractivity contribution is 4.77. The van der Waals surface area contributed by atoms with Crippen LogP contribution < -0.4 is 0 Å². The first-order valence-electron chi connectivity index (χ1n) is 9.36. The smallest absolute Gasteiger partial charge is 0.00952 e. The van der Waals surface area contributed by atoms with Crippen molar-refractivity contribution >= 4 is 0 Å². The monoisotopic (exact) mass is 280 g/mol. The zero-order valence-electron chi connectivity index (χ0n) is 13.8. The van der Waals surface area contributed by atoms with Gasteiger partial charge in [0.05, 0.1) is 0 Å². The molecule has 0 radical (unpaired) electrons. The molecule has 0 spiro atoms. The Hall–Kier alpha value is -0.0800. The van der Waals surface area contributed by atoms with Crippen LogP contribution in [0.15, 0.2) is 0 Å². The second-order valence-corrected chi connectivity index (χ2v) is 6.94. The van der Waals surface area contributed by atoms with Crippen molar-refractivity contribution in [3.8, 4) is 0 Å². The van der Waals surface area contributed by atoms with Gasteiger partial charge in [-0.25, -0.2) is 0 Å². The molecular weight excluding hydrogens is 244 g/mol. The van der Waals surface area contributed by atoms with Gasteiger partial charge in [0.2, 0.25) is 0 Å².